The van der Waals surface area contributed by atoms with E-state index in [-0.39, 0.29) is 17.7 Å². The minimum atomic E-state index is -0.171. The van der Waals surface area contributed by atoms with Crippen molar-refractivity contribution in [1.29, 1.82) is 0 Å². The van der Waals surface area contributed by atoms with Crippen molar-refractivity contribution in [3.8, 4) is 0 Å². The Morgan fingerprint density at radius 3 is 2.50 bits per heavy atom. The second-order valence-electron chi connectivity index (χ2n) is 5.15. The molecule has 0 radical (unpaired) electrons. The lowest BCUT2D eigenvalue weighted by atomic mass is 10.1. The van der Waals surface area contributed by atoms with Crippen LogP contribution in [-0.2, 0) is 9.59 Å². The second-order valence-corrected chi connectivity index (χ2v) is 5.15. The van der Waals surface area contributed by atoms with Gasteiger partial charge >= 0.3 is 0 Å². The molecule has 0 spiro atoms. The minimum absolute atomic E-state index is 0.0293. The molecule has 1 unspecified atom stereocenters. The number of amides is 2. The Hall–Kier alpha value is -1.10. The van der Waals surface area contributed by atoms with E-state index in [1.807, 2.05) is 6.92 Å². The van der Waals surface area contributed by atoms with E-state index >= 15 is 0 Å². The molecule has 5 heteroatoms. The first kappa shape index (κ1) is 15.0. The number of carbonyl (C=O) groups is 2. The fourth-order valence-corrected chi connectivity index (χ4v) is 2.34. The molecular formula is C13H25N3O2. The highest BCUT2D eigenvalue weighted by Crippen LogP contribution is 2.17. The zero-order valence-electron chi connectivity index (χ0n) is 11.7. The number of rotatable bonds is 6. The SMILES string of the molecule is CNC(=O)C(C)CN(C)C(=O)CNC1CCCC1. The van der Waals surface area contributed by atoms with Crippen LogP contribution in [0.5, 0.6) is 0 Å². The van der Waals surface area contributed by atoms with Gasteiger partial charge in [-0.3, -0.25) is 9.59 Å². The first-order valence-corrected chi connectivity index (χ1v) is 6.73. The van der Waals surface area contributed by atoms with Crippen LogP contribution in [-0.4, -0.2) is 49.9 Å². The Balaban J connectivity index is 2.25. The molecule has 0 saturated heterocycles. The highest BCUT2D eigenvalue weighted by Gasteiger charge is 2.19. The summed E-state index contributed by atoms with van der Waals surface area (Å²) in [6.45, 7) is 2.67. The third kappa shape index (κ3) is 4.64. The van der Waals surface area contributed by atoms with E-state index in [0.717, 1.165) is 0 Å². The molecule has 0 heterocycles. The summed E-state index contributed by atoms with van der Waals surface area (Å²) in [7, 11) is 3.36. The number of nitrogens with zero attached hydrogens (tertiary/aromatic N) is 1. The first-order chi connectivity index (χ1) is 8.54. The third-order valence-electron chi connectivity index (χ3n) is 3.56. The largest absolute Gasteiger partial charge is 0.359 e. The summed E-state index contributed by atoms with van der Waals surface area (Å²) in [6, 6.07) is 0.499. The van der Waals surface area contributed by atoms with Crippen molar-refractivity contribution in [1.82, 2.24) is 15.5 Å². The van der Waals surface area contributed by atoms with Gasteiger partial charge in [-0.25, -0.2) is 0 Å². The van der Waals surface area contributed by atoms with Crippen LogP contribution >= 0.6 is 0 Å². The molecule has 2 amide bonds. The maximum Gasteiger partial charge on any atom is 0.236 e. The van der Waals surface area contributed by atoms with Crippen LogP contribution in [0.2, 0.25) is 0 Å². The highest BCUT2D eigenvalue weighted by atomic mass is 16.2. The summed E-state index contributed by atoms with van der Waals surface area (Å²) in [5, 5.41) is 5.88. The fraction of sp³-hybridized carbons (Fsp3) is 0.846. The van der Waals surface area contributed by atoms with Crippen molar-refractivity contribution in [3.63, 3.8) is 0 Å². The Morgan fingerprint density at radius 2 is 1.94 bits per heavy atom. The van der Waals surface area contributed by atoms with Gasteiger partial charge in [0.25, 0.3) is 0 Å². The van der Waals surface area contributed by atoms with Crippen LogP contribution in [0.15, 0.2) is 0 Å². The molecule has 1 fully saturated rings. The van der Waals surface area contributed by atoms with Gasteiger partial charge in [0.1, 0.15) is 0 Å². The van der Waals surface area contributed by atoms with E-state index in [0.29, 0.717) is 19.1 Å². The molecule has 0 aromatic heterocycles. The topological polar surface area (TPSA) is 61.4 Å². The summed E-state index contributed by atoms with van der Waals surface area (Å²) >= 11 is 0. The Kier molecular flexibility index (Phi) is 6.12. The standard InChI is InChI=1S/C13H25N3O2/c1-10(13(18)14-2)9-16(3)12(17)8-15-11-6-4-5-7-11/h10-11,15H,4-9H2,1-3H3,(H,14,18). The second kappa shape index (κ2) is 7.36. The van der Waals surface area contributed by atoms with Gasteiger partial charge in [0.2, 0.25) is 11.8 Å². The molecule has 1 saturated carbocycles. The third-order valence-corrected chi connectivity index (χ3v) is 3.56. The van der Waals surface area contributed by atoms with Crippen LogP contribution in [0.4, 0.5) is 0 Å². The van der Waals surface area contributed by atoms with E-state index in [9.17, 15) is 9.59 Å². The lowest BCUT2D eigenvalue weighted by Gasteiger charge is -2.22. The zero-order chi connectivity index (χ0) is 13.5. The van der Waals surface area contributed by atoms with Crippen molar-refractivity contribution in [2.75, 3.05) is 27.2 Å². The molecule has 2 N–H and O–H groups in total. The van der Waals surface area contributed by atoms with Gasteiger partial charge in [-0.05, 0) is 12.8 Å². The van der Waals surface area contributed by atoms with Crippen LogP contribution in [0.1, 0.15) is 32.6 Å². The summed E-state index contributed by atoms with van der Waals surface area (Å²) in [5.41, 5.74) is 0. The van der Waals surface area contributed by atoms with Gasteiger partial charge < -0.3 is 15.5 Å². The smallest absolute Gasteiger partial charge is 0.236 e. The zero-order valence-corrected chi connectivity index (χ0v) is 11.7. The van der Waals surface area contributed by atoms with Crippen molar-refractivity contribution in [3.05, 3.63) is 0 Å². The normalized spacial score (nSPS) is 17.5. The van der Waals surface area contributed by atoms with Crippen LogP contribution in [0.25, 0.3) is 0 Å². The molecule has 104 valence electrons. The van der Waals surface area contributed by atoms with E-state index in [4.69, 9.17) is 0 Å². The summed E-state index contributed by atoms with van der Waals surface area (Å²) in [6.07, 6.45) is 4.86. The van der Waals surface area contributed by atoms with Gasteiger partial charge in [-0.2, -0.15) is 0 Å². The Morgan fingerprint density at radius 1 is 1.33 bits per heavy atom. The first-order valence-electron chi connectivity index (χ1n) is 6.73. The molecular weight excluding hydrogens is 230 g/mol. The average Bonchev–Trinajstić information content (AvgIpc) is 2.87. The van der Waals surface area contributed by atoms with Crippen LogP contribution < -0.4 is 10.6 Å². The van der Waals surface area contributed by atoms with Gasteiger partial charge in [-0.15, -0.1) is 0 Å². The molecule has 1 rings (SSSR count). The van der Waals surface area contributed by atoms with E-state index in [2.05, 4.69) is 10.6 Å². The number of hydrogen-bond acceptors (Lipinski definition) is 3. The van der Waals surface area contributed by atoms with Crippen molar-refractivity contribution < 1.29 is 9.59 Å². The quantitative estimate of drug-likeness (QED) is 0.720. The van der Waals surface area contributed by atoms with Gasteiger partial charge in [0.05, 0.1) is 12.5 Å². The molecule has 0 bridgehead atoms. The van der Waals surface area contributed by atoms with E-state index in [1.165, 1.54) is 25.7 Å². The highest BCUT2D eigenvalue weighted by molar-refractivity contribution is 5.81. The van der Waals surface area contributed by atoms with Gasteiger partial charge in [0.15, 0.2) is 0 Å². The van der Waals surface area contributed by atoms with Gasteiger partial charge in [0, 0.05) is 26.7 Å². The predicted octanol–water partition coefficient (Wildman–Crippen LogP) is 0.359. The summed E-state index contributed by atoms with van der Waals surface area (Å²) < 4.78 is 0. The monoisotopic (exact) mass is 255 g/mol. The number of carbonyl (C=O) groups excluding carboxylic acids is 2. The summed E-state index contributed by atoms with van der Waals surface area (Å²) in [5.74, 6) is -0.147. The van der Waals surface area contributed by atoms with Gasteiger partial charge in [-0.1, -0.05) is 19.8 Å². The maximum absolute atomic E-state index is 11.9. The lowest BCUT2D eigenvalue weighted by molar-refractivity contribution is -0.131. The molecule has 0 aromatic rings. The Labute approximate surface area is 109 Å². The molecule has 0 aromatic carbocycles. The van der Waals surface area contributed by atoms with E-state index in [1.54, 1.807) is 19.0 Å². The summed E-state index contributed by atoms with van der Waals surface area (Å²) in [4.78, 5) is 24.9. The Bertz CT molecular complexity index is 288. The predicted molar refractivity (Wildman–Crippen MR) is 71.1 cm³/mol. The maximum atomic E-state index is 11.9. The molecule has 1 aliphatic carbocycles. The average molecular weight is 255 g/mol. The molecule has 5 nitrogen and oxygen atoms in total. The van der Waals surface area contributed by atoms with Crippen molar-refractivity contribution in [2.24, 2.45) is 5.92 Å². The van der Waals surface area contributed by atoms with E-state index < -0.39 is 0 Å². The van der Waals surface area contributed by atoms with Crippen LogP contribution in [0.3, 0.4) is 0 Å². The van der Waals surface area contributed by atoms with Crippen molar-refractivity contribution in [2.45, 2.75) is 38.6 Å². The lowest BCUT2D eigenvalue weighted by Crippen LogP contribution is -2.42. The minimum Gasteiger partial charge on any atom is -0.359 e. The van der Waals surface area contributed by atoms with Crippen LogP contribution in [0, 0.1) is 5.92 Å². The molecule has 0 aliphatic heterocycles. The van der Waals surface area contributed by atoms with Crippen molar-refractivity contribution >= 4 is 11.8 Å². The number of likely N-dealkylation sites (N-methyl/N-ethyl adjacent to an activating group) is 1. The molecule has 1 aliphatic rings. The molecule has 1 atom stereocenters. The fourth-order valence-electron chi connectivity index (χ4n) is 2.34. The number of nitrogens with one attached hydrogen (secondary N) is 2. The molecule has 18 heavy (non-hydrogen) atoms. The number of hydrogen-bond donors (Lipinski definition) is 2.